The zero-order valence-corrected chi connectivity index (χ0v) is 14.4. The van der Waals surface area contributed by atoms with E-state index in [4.69, 9.17) is 0 Å². The number of carbonyl (C=O) groups is 2. The Hall–Kier alpha value is -1.59. The molecule has 0 aromatic heterocycles. The van der Waals surface area contributed by atoms with Gasteiger partial charge in [0, 0.05) is 37.8 Å². The molecule has 2 heterocycles. The summed E-state index contributed by atoms with van der Waals surface area (Å²) < 4.78 is 0. The number of halogens is 1. The van der Waals surface area contributed by atoms with Crippen LogP contribution in [0, 0.1) is 25.7 Å². The number of nitrogens with one attached hydrogen (secondary N) is 2. The van der Waals surface area contributed by atoms with Crippen LogP contribution in [-0.2, 0) is 9.59 Å². The number of nitrogens with zero attached hydrogens (tertiary/aromatic N) is 1. The number of hydrogen-bond donors (Lipinski definition) is 2. The highest BCUT2D eigenvalue weighted by molar-refractivity contribution is 6.09. The van der Waals surface area contributed by atoms with Gasteiger partial charge in [0.25, 0.3) is 0 Å². The van der Waals surface area contributed by atoms with Crippen molar-refractivity contribution in [3.05, 3.63) is 29.3 Å². The molecule has 0 saturated carbocycles. The van der Waals surface area contributed by atoms with Gasteiger partial charge in [0.2, 0.25) is 11.8 Å². The predicted molar refractivity (Wildman–Crippen MR) is 93.0 cm³/mol. The second-order valence-electron chi connectivity index (χ2n) is 6.45. The smallest absolute Gasteiger partial charge is 0.239 e. The number of carbonyl (C=O) groups excluding carboxylic acids is 2. The van der Waals surface area contributed by atoms with Crippen molar-refractivity contribution in [2.75, 3.05) is 31.1 Å². The van der Waals surface area contributed by atoms with Gasteiger partial charge < -0.3 is 15.5 Å². The Bertz CT molecular complexity index is 581. The van der Waals surface area contributed by atoms with Crippen molar-refractivity contribution in [2.45, 2.75) is 20.3 Å². The normalized spacial score (nSPS) is 20.9. The first-order chi connectivity index (χ1) is 10.5. The van der Waals surface area contributed by atoms with Crippen LogP contribution in [0.4, 0.5) is 5.69 Å². The van der Waals surface area contributed by atoms with E-state index in [0.29, 0.717) is 25.4 Å². The SMILES string of the molecule is Cc1cc(C)cc(N2CCC(C(=O)NCC3CNC3)C2=O)c1.Cl. The minimum absolute atomic E-state index is 0. The molecule has 2 amide bonds. The summed E-state index contributed by atoms with van der Waals surface area (Å²) in [7, 11) is 0. The lowest BCUT2D eigenvalue weighted by molar-refractivity contribution is -0.132. The van der Waals surface area contributed by atoms with Gasteiger partial charge in [-0.2, -0.15) is 0 Å². The van der Waals surface area contributed by atoms with Crippen molar-refractivity contribution >= 4 is 29.9 Å². The Balaban J connectivity index is 0.00000192. The molecule has 0 spiro atoms. The molecule has 0 bridgehead atoms. The summed E-state index contributed by atoms with van der Waals surface area (Å²) in [4.78, 5) is 26.5. The monoisotopic (exact) mass is 337 g/mol. The number of amides is 2. The molecule has 6 heteroatoms. The number of benzene rings is 1. The van der Waals surface area contributed by atoms with Crippen LogP contribution in [0.1, 0.15) is 17.5 Å². The fraction of sp³-hybridized carbons (Fsp3) is 0.529. The largest absolute Gasteiger partial charge is 0.355 e. The summed E-state index contributed by atoms with van der Waals surface area (Å²) in [6.07, 6.45) is 0.598. The van der Waals surface area contributed by atoms with E-state index in [2.05, 4.69) is 16.7 Å². The van der Waals surface area contributed by atoms with Crippen molar-refractivity contribution in [3.63, 3.8) is 0 Å². The quantitative estimate of drug-likeness (QED) is 0.817. The Kier molecular flexibility index (Phi) is 5.65. The van der Waals surface area contributed by atoms with E-state index in [9.17, 15) is 9.59 Å². The third-order valence-corrected chi connectivity index (χ3v) is 4.47. The van der Waals surface area contributed by atoms with Crippen LogP contribution < -0.4 is 15.5 Å². The van der Waals surface area contributed by atoms with E-state index in [0.717, 1.165) is 29.9 Å². The van der Waals surface area contributed by atoms with Crippen molar-refractivity contribution in [2.24, 2.45) is 11.8 Å². The van der Waals surface area contributed by atoms with Crippen molar-refractivity contribution in [3.8, 4) is 0 Å². The summed E-state index contributed by atoms with van der Waals surface area (Å²) in [6, 6.07) is 6.09. The van der Waals surface area contributed by atoms with Gasteiger partial charge in [-0.15, -0.1) is 12.4 Å². The molecule has 2 aliphatic heterocycles. The van der Waals surface area contributed by atoms with Gasteiger partial charge in [-0.05, 0) is 43.5 Å². The topological polar surface area (TPSA) is 61.4 Å². The lowest BCUT2D eigenvalue weighted by Crippen LogP contribution is -2.49. The van der Waals surface area contributed by atoms with Crippen molar-refractivity contribution in [1.82, 2.24) is 10.6 Å². The lowest BCUT2D eigenvalue weighted by Gasteiger charge is -2.27. The highest BCUT2D eigenvalue weighted by atomic mass is 35.5. The molecule has 2 saturated heterocycles. The summed E-state index contributed by atoms with van der Waals surface area (Å²) in [5, 5.41) is 6.10. The molecular formula is C17H24ClN3O2. The van der Waals surface area contributed by atoms with Crippen molar-refractivity contribution < 1.29 is 9.59 Å². The molecule has 1 unspecified atom stereocenters. The number of hydrogen-bond acceptors (Lipinski definition) is 3. The van der Waals surface area contributed by atoms with Gasteiger partial charge in [-0.3, -0.25) is 9.59 Å². The summed E-state index contributed by atoms with van der Waals surface area (Å²) in [6.45, 7) is 7.23. The maximum atomic E-state index is 12.6. The Labute approximate surface area is 143 Å². The van der Waals surface area contributed by atoms with Gasteiger partial charge in [-0.25, -0.2) is 0 Å². The van der Waals surface area contributed by atoms with E-state index in [-0.39, 0.29) is 24.2 Å². The average Bonchev–Trinajstić information content (AvgIpc) is 2.77. The van der Waals surface area contributed by atoms with E-state index >= 15 is 0 Å². The Morgan fingerprint density at radius 3 is 2.48 bits per heavy atom. The molecule has 1 atom stereocenters. The van der Waals surface area contributed by atoms with Gasteiger partial charge in [-0.1, -0.05) is 6.07 Å². The zero-order chi connectivity index (χ0) is 15.7. The summed E-state index contributed by atoms with van der Waals surface area (Å²) >= 11 is 0. The molecular weight excluding hydrogens is 314 g/mol. The highest BCUT2D eigenvalue weighted by Crippen LogP contribution is 2.27. The van der Waals surface area contributed by atoms with Crippen molar-refractivity contribution in [1.29, 1.82) is 0 Å². The first-order valence-corrected chi connectivity index (χ1v) is 7.92. The second kappa shape index (κ2) is 7.32. The molecule has 1 aromatic carbocycles. The van der Waals surface area contributed by atoms with E-state index in [1.807, 2.05) is 26.0 Å². The fourth-order valence-corrected chi connectivity index (χ4v) is 3.15. The maximum absolute atomic E-state index is 12.6. The van der Waals surface area contributed by atoms with Crippen LogP contribution in [-0.4, -0.2) is 38.0 Å². The van der Waals surface area contributed by atoms with Gasteiger partial charge >= 0.3 is 0 Å². The Morgan fingerprint density at radius 2 is 1.91 bits per heavy atom. The standard InChI is InChI=1S/C17H23N3O2.ClH/c1-11-5-12(2)7-14(6-11)20-4-3-15(17(20)22)16(21)19-10-13-8-18-9-13;/h5-7,13,15,18H,3-4,8-10H2,1-2H3,(H,19,21);1H. The highest BCUT2D eigenvalue weighted by Gasteiger charge is 2.37. The molecule has 0 radical (unpaired) electrons. The first kappa shape index (κ1) is 17.8. The molecule has 1 aromatic rings. The predicted octanol–water partition coefficient (Wildman–Crippen LogP) is 1.41. The van der Waals surface area contributed by atoms with Gasteiger partial charge in [0.1, 0.15) is 5.92 Å². The minimum atomic E-state index is -0.533. The van der Waals surface area contributed by atoms with Crippen LogP contribution in [0.3, 0.4) is 0 Å². The fourth-order valence-electron chi connectivity index (χ4n) is 3.15. The van der Waals surface area contributed by atoms with Gasteiger partial charge in [0.15, 0.2) is 0 Å². The molecule has 2 fully saturated rings. The molecule has 126 valence electrons. The molecule has 5 nitrogen and oxygen atoms in total. The maximum Gasteiger partial charge on any atom is 0.239 e. The lowest BCUT2D eigenvalue weighted by atomic mass is 10.0. The number of aryl methyl sites for hydroxylation is 2. The van der Waals surface area contributed by atoms with Gasteiger partial charge in [0.05, 0.1) is 0 Å². The van der Waals surface area contributed by atoms with Crippen LogP contribution in [0.2, 0.25) is 0 Å². The van der Waals surface area contributed by atoms with Crippen LogP contribution in [0.25, 0.3) is 0 Å². The molecule has 2 N–H and O–H groups in total. The molecule has 3 rings (SSSR count). The number of rotatable bonds is 4. The Morgan fingerprint density at radius 1 is 1.26 bits per heavy atom. The molecule has 2 aliphatic rings. The third kappa shape index (κ3) is 3.85. The zero-order valence-electron chi connectivity index (χ0n) is 13.6. The second-order valence-corrected chi connectivity index (χ2v) is 6.45. The van der Waals surface area contributed by atoms with E-state index in [1.165, 1.54) is 0 Å². The third-order valence-electron chi connectivity index (χ3n) is 4.47. The van der Waals surface area contributed by atoms with E-state index in [1.54, 1.807) is 4.90 Å². The van der Waals surface area contributed by atoms with Crippen LogP contribution in [0.5, 0.6) is 0 Å². The molecule has 23 heavy (non-hydrogen) atoms. The van der Waals surface area contributed by atoms with Crippen LogP contribution in [0.15, 0.2) is 18.2 Å². The van der Waals surface area contributed by atoms with E-state index < -0.39 is 5.92 Å². The van der Waals surface area contributed by atoms with Crippen LogP contribution >= 0.6 is 12.4 Å². The minimum Gasteiger partial charge on any atom is -0.355 e. The molecule has 0 aliphatic carbocycles. The number of anilines is 1. The average molecular weight is 338 g/mol. The summed E-state index contributed by atoms with van der Waals surface area (Å²) in [5.74, 6) is -0.220. The first-order valence-electron chi connectivity index (χ1n) is 7.92. The summed E-state index contributed by atoms with van der Waals surface area (Å²) in [5.41, 5.74) is 3.17.